The molecule has 394 valence electrons. The molecule has 3 heterocycles. The van der Waals surface area contributed by atoms with Gasteiger partial charge in [0.2, 0.25) is 0 Å². The minimum Gasteiger partial charge on any atom is -0.632 e. The van der Waals surface area contributed by atoms with E-state index < -0.39 is 31.2 Å². The first-order chi connectivity index (χ1) is 38.5. The van der Waals surface area contributed by atoms with Gasteiger partial charge >= 0.3 is 0 Å². The molecule has 0 spiro atoms. The summed E-state index contributed by atoms with van der Waals surface area (Å²) in [6, 6.07) is 82.0. The first kappa shape index (κ1) is 53.4. The third kappa shape index (κ3) is 11.5. The summed E-state index contributed by atoms with van der Waals surface area (Å²) in [7, 11) is -9.17. The van der Waals surface area contributed by atoms with Crippen molar-refractivity contribution in [3.05, 3.63) is 275 Å². The van der Waals surface area contributed by atoms with E-state index >= 15 is 5.21 Å². The van der Waals surface area contributed by atoms with Crippen LogP contribution in [0.15, 0.2) is 282 Å². The molecule has 3 aliphatic heterocycles. The molecule has 0 radical (unpaired) electrons. The number of nitrogens with zero attached hydrogens (tertiary/aromatic N) is 10. The van der Waals surface area contributed by atoms with Crippen molar-refractivity contribution in [1.29, 1.82) is 0 Å². The van der Waals surface area contributed by atoms with Gasteiger partial charge in [-0.3, -0.25) is 0 Å². The van der Waals surface area contributed by atoms with Gasteiger partial charge in [-0.25, -0.2) is 0 Å². The van der Waals surface area contributed by atoms with Gasteiger partial charge in [-0.2, -0.15) is 0 Å². The van der Waals surface area contributed by atoms with Crippen molar-refractivity contribution >= 4 is 70.1 Å². The predicted molar refractivity (Wildman–Crippen MR) is 329 cm³/mol. The molecule has 11 nitrogen and oxygen atoms in total. The van der Waals surface area contributed by atoms with E-state index in [0.717, 1.165) is 65.2 Å². The Kier molecular flexibility index (Phi) is 15.5. The van der Waals surface area contributed by atoms with Gasteiger partial charge < -0.3 is 9.85 Å². The van der Waals surface area contributed by atoms with E-state index in [1.807, 2.05) is 57.2 Å². The van der Waals surface area contributed by atoms with Crippen molar-refractivity contribution < 1.29 is 4.65 Å². The number of benzene rings is 9. The molecule has 9 aromatic carbocycles. The van der Waals surface area contributed by atoms with Crippen molar-refractivity contribution in [2.45, 2.75) is 47.3 Å². The number of hydroxylamine groups is 3. The van der Waals surface area contributed by atoms with E-state index in [1.54, 1.807) is 0 Å². The second-order valence-electron chi connectivity index (χ2n) is 21.4. The van der Waals surface area contributed by atoms with E-state index in [2.05, 4.69) is 207 Å². The molecular formula is C65H63N10OP3. The molecule has 2 bridgehead atoms. The summed E-state index contributed by atoms with van der Waals surface area (Å²) in [5, 5.41) is 53.4. The standard InChI is InChI=1S/C65H63N10OP3/c1-50-35-38-62-53(41-50)44-75(76)45-54-42-51(2)36-39-63(54)67-70-73-78(58-27-15-7-16-28-58,59-29-17-8-18-30-59)48-65(4,47-77(72-69-66-62,56-23-11-5-12-24-56)57-25-13-6-14-26-57)49-79(60-31-19-9-20-32-60,61-33-21-10-22-34-61)74-71-68-64-40-37-52(3)43-55(64)46-75/h5-43H,44-49H2,1-4H3. The normalized spacial score (nSPS) is 19.7. The van der Waals surface area contributed by atoms with Gasteiger partial charge in [-0.05, 0) is 129 Å². The van der Waals surface area contributed by atoms with Crippen LogP contribution in [0.3, 0.4) is 0 Å². The van der Waals surface area contributed by atoms with E-state index in [-0.39, 0.29) is 19.6 Å². The molecule has 0 unspecified atom stereocenters. The maximum atomic E-state index is 16.6. The number of fused-ring (bicyclic) bond motifs is 6. The fraction of sp³-hybridized carbons (Fsp3) is 0.169. The zero-order chi connectivity index (χ0) is 54.3. The van der Waals surface area contributed by atoms with Gasteiger partial charge in [0.05, 0.1) is 38.2 Å². The van der Waals surface area contributed by atoms with Crippen LogP contribution in [-0.2, 0) is 19.6 Å². The average Bonchev–Trinajstić information content (AvgIpc) is 3.67. The Morgan fingerprint density at radius 3 is 0.797 bits per heavy atom. The van der Waals surface area contributed by atoms with E-state index in [1.165, 1.54) is 0 Å². The SMILES string of the molecule is Cc1ccc2c(c1)C[N+]1([O-])Cc3cc(C)ccc3N=NN=P(c3ccccc3)(c3ccccc3)CC(C)(CP(c3ccccc3)(c3ccccc3)=NN=N2)CP(c2ccccc2)(c2ccccc2)=NN=Nc2ccc(C)cc2C1. The molecule has 79 heavy (non-hydrogen) atoms. The highest BCUT2D eigenvalue weighted by Gasteiger charge is 2.46. The molecule has 14 heteroatoms. The van der Waals surface area contributed by atoms with E-state index in [9.17, 15) is 0 Å². The summed E-state index contributed by atoms with van der Waals surface area (Å²) in [6.07, 6.45) is 1.54. The molecule has 0 N–H and O–H groups in total. The number of hydrogen-bond donors (Lipinski definition) is 0. The highest BCUT2D eigenvalue weighted by molar-refractivity contribution is 7.83. The molecule has 3 aliphatic rings. The monoisotopic (exact) mass is 1090 g/mol. The zero-order valence-corrected chi connectivity index (χ0v) is 47.7. The number of hydrogen-bond acceptors (Lipinski definition) is 10. The molecule has 12 rings (SSSR count). The van der Waals surface area contributed by atoms with Crippen LogP contribution in [0.2, 0.25) is 0 Å². The van der Waals surface area contributed by atoms with Gasteiger partial charge in [0.25, 0.3) is 0 Å². The lowest BCUT2D eigenvalue weighted by Crippen LogP contribution is -2.40. The molecular weight excluding hydrogens is 1030 g/mol. The second kappa shape index (κ2) is 23.0. The van der Waals surface area contributed by atoms with E-state index in [0.29, 0.717) is 35.5 Å². The summed E-state index contributed by atoms with van der Waals surface area (Å²) < 4.78 is -0.728. The first-order valence-corrected chi connectivity index (χ1v) is 32.5. The number of quaternary nitrogens is 1. The minimum absolute atomic E-state index is 0.0445. The lowest BCUT2D eigenvalue weighted by molar-refractivity contribution is -0.920. The largest absolute Gasteiger partial charge is 0.632 e. The van der Waals surface area contributed by atoms with Crippen LogP contribution in [0.25, 0.3) is 0 Å². The summed E-state index contributed by atoms with van der Waals surface area (Å²) in [4.78, 5) is 17.2. The summed E-state index contributed by atoms with van der Waals surface area (Å²) in [5.74, 6) is 0. The van der Waals surface area contributed by atoms with Crippen LogP contribution in [0.5, 0.6) is 0 Å². The first-order valence-electron chi connectivity index (χ1n) is 26.7. The number of aryl methyl sites for hydroxylation is 3. The lowest BCUT2D eigenvalue weighted by Gasteiger charge is -2.44. The highest BCUT2D eigenvalue weighted by Crippen LogP contribution is 2.63. The molecule has 0 atom stereocenters. The molecule has 0 aromatic heterocycles. The molecule has 0 saturated carbocycles. The summed E-state index contributed by atoms with van der Waals surface area (Å²) in [6.45, 7) is 8.67. The molecule has 0 amide bonds. The Hall–Kier alpha value is -7.61. The fourth-order valence-electron chi connectivity index (χ4n) is 11.6. The van der Waals surface area contributed by atoms with Crippen molar-refractivity contribution in [1.82, 2.24) is 0 Å². The van der Waals surface area contributed by atoms with Crippen molar-refractivity contribution in [2.24, 2.45) is 51.0 Å². The predicted octanol–water partition coefficient (Wildman–Crippen LogP) is 16.4. The van der Waals surface area contributed by atoms with Gasteiger partial charge in [-0.15, -0.1) is 29.9 Å². The Bertz CT molecular complexity index is 3360. The minimum atomic E-state index is -3.06. The quantitative estimate of drug-likeness (QED) is 0.0915. The van der Waals surface area contributed by atoms with Gasteiger partial charge in [0, 0.05) is 16.7 Å². The Morgan fingerprint density at radius 2 is 0.570 bits per heavy atom. The Labute approximate surface area is 464 Å². The lowest BCUT2D eigenvalue weighted by atomic mass is 9.99. The Balaban J connectivity index is 1.34. The topological polar surface area (TPSA) is 134 Å². The van der Waals surface area contributed by atoms with Gasteiger partial charge in [0.15, 0.2) is 0 Å². The van der Waals surface area contributed by atoms with Crippen molar-refractivity contribution in [3.63, 3.8) is 0 Å². The zero-order valence-electron chi connectivity index (χ0n) is 45.0. The maximum Gasteiger partial charge on any atom is 0.107 e. The fourth-order valence-corrected chi connectivity index (χ4v) is 23.4. The average molecular weight is 1090 g/mol. The summed E-state index contributed by atoms with van der Waals surface area (Å²) in [5.41, 5.74) is 6.25. The molecule has 9 aromatic rings. The molecule has 0 fully saturated rings. The van der Waals surface area contributed by atoms with Gasteiger partial charge in [0.1, 0.15) is 19.6 Å². The van der Waals surface area contributed by atoms with Gasteiger partial charge in [-0.1, -0.05) is 224 Å². The van der Waals surface area contributed by atoms with E-state index in [4.69, 9.17) is 45.6 Å². The van der Waals surface area contributed by atoms with Crippen LogP contribution in [0.1, 0.15) is 40.3 Å². The smallest absolute Gasteiger partial charge is 0.107 e. The van der Waals surface area contributed by atoms with Crippen LogP contribution in [-0.4, -0.2) is 23.1 Å². The molecule has 0 saturated heterocycles. The van der Waals surface area contributed by atoms with Crippen LogP contribution >= 0.6 is 21.2 Å². The third-order valence-corrected chi connectivity index (χ3v) is 26.8. The van der Waals surface area contributed by atoms with Crippen LogP contribution in [0, 0.1) is 31.4 Å². The van der Waals surface area contributed by atoms with Crippen LogP contribution < -0.4 is 31.8 Å². The Morgan fingerprint density at radius 1 is 0.342 bits per heavy atom. The molecule has 0 aliphatic carbocycles. The maximum absolute atomic E-state index is 16.6. The third-order valence-electron chi connectivity index (χ3n) is 15.0. The summed E-state index contributed by atoms with van der Waals surface area (Å²) >= 11 is 0. The van der Waals surface area contributed by atoms with Crippen molar-refractivity contribution in [2.75, 3.05) is 18.5 Å². The van der Waals surface area contributed by atoms with Crippen molar-refractivity contribution in [3.8, 4) is 0 Å². The second-order valence-corrected chi connectivity index (χ2v) is 30.6. The van der Waals surface area contributed by atoms with Crippen LogP contribution in [0.4, 0.5) is 17.1 Å². The highest BCUT2D eigenvalue weighted by atomic mass is 31.2. The number of rotatable bonds is 6.